The number of ketones is 1. The molecule has 0 saturated carbocycles. The number of fused-ring (bicyclic) bond motifs is 1. The Bertz CT molecular complexity index is 719. The third-order valence-corrected chi connectivity index (χ3v) is 4.21. The average Bonchev–Trinajstić information content (AvgIpc) is 2.74. The Hall–Kier alpha value is -2.76. The van der Waals surface area contributed by atoms with Crippen molar-refractivity contribution in [3.63, 3.8) is 0 Å². The van der Waals surface area contributed by atoms with E-state index >= 15 is 0 Å². The number of allylic oxidation sites excluding steroid dienone is 4. The highest BCUT2D eigenvalue weighted by atomic mass is 16.6. The zero-order valence-electron chi connectivity index (χ0n) is 12.5. The van der Waals surface area contributed by atoms with Crippen LogP contribution in [0, 0.1) is 16.0 Å². The molecule has 3 rings (SSSR count). The highest BCUT2D eigenvalue weighted by Crippen LogP contribution is 2.30. The lowest BCUT2D eigenvalue weighted by atomic mass is 9.91. The molecule has 23 heavy (non-hydrogen) atoms. The van der Waals surface area contributed by atoms with Crippen molar-refractivity contribution in [2.24, 2.45) is 5.92 Å². The molecule has 2 aliphatic rings. The fourth-order valence-electron chi connectivity index (χ4n) is 3.01. The van der Waals surface area contributed by atoms with Crippen LogP contribution in [0.3, 0.4) is 0 Å². The summed E-state index contributed by atoms with van der Waals surface area (Å²) in [6.45, 7) is 0.484. The van der Waals surface area contributed by atoms with Gasteiger partial charge in [0.1, 0.15) is 5.78 Å². The van der Waals surface area contributed by atoms with Crippen LogP contribution >= 0.6 is 0 Å². The monoisotopic (exact) mass is 312 g/mol. The Morgan fingerprint density at radius 3 is 2.70 bits per heavy atom. The Balaban J connectivity index is 1.90. The largest absolute Gasteiger partial charge is 0.311 e. The van der Waals surface area contributed by atoms with E-state index in [-0.39, 0.29) is 23.3 Å². The van der Waals surface area contributed by atoms with Crippen LogP contribution in [-0.2, 0) is 4.79 Å². The minimum Gasteiger partial charge on any atom is -0.311 e. The van der Waals surface area contributed by atoms with Crippen LogP contribution < -0.4 is 0 Å². The van der Waals surface area contributed by atoms with Gasteiger partial charge in [-0.2, -0.15) is 0 Å². The molecule has 1 amide bonds. The number of Topliss-reactive ketones (excluding diaryl/α,β-unsaturated/α-hetero) is 1. The normalized spacial score (nSPS) is 20.5. The van der Waals surface area contributed by atoms with Gasteiger partial charge in [-0.1, -0.05) is 12.2 Å². The quantitative estimate of drug-likeness (QED) is 0.621. The number of amides is 1. The minimum absolute atomic E-state index is 0.0507. The molecule has 118 valence electrons. The van der Waals surface area contributed by atoms with Gasteiger partial charge in [-0.3, -0.25) is 19.7 Å². The molecule has 1 heterocycles. The van der Waals surface area contributed by atoms with Crippen LogP contribution in [0.25, 0.3) is 0 Å². The van der Waals surface area contributed by atoms with E-state index < -0.39 is 4.92 Å². The molecule has 1 aliphatic heterocycles. The Morgan fingerprint density at radius 1 is 1.26 bits per heavy atom. The summed E-state index contributed by atoms with van der Waals surface area (Å²) in [7, 11) is 0. The van der Waals surface area contributed by atoms with Gasteiger partial charge in [0.15, 0.2) is 0 Å². The van der Waals surface area contributed by atoms with Crippen molar-refractivity contribution in [2.45, 2.75) is 19.3 Å². The molecule has 6 nitrogen and oxygen atoms in total. The van der Waals surface area contributed by atoms with E-state index in [1.165, 1.54) is 24.3 Å². The molecular weight excluding hydrogens is 296 g/mol. The van der Waals surface area contributed by atoms with E-state index in [9.17, 15) is 19.7 Å². The number of rotatable bonds is 2. The van der Waals surface area contributed by atoms with Gasteiger partial charge in [-0.05, 0) is 31.1 Å². The first-order valence-corrected chi connectivity index (χ1v) is 7.53. The third-order valence-electron chi connectivity index (χ3n) is 4.21. The number of nitro groups is 1. The van der Waals surface area contributed by atoms with E-state index in [1.54, 1.807) is 4.90 Å². The second-order valence-electron chi connectivity index (χ2n) is 5.64. The molecule has 1 unspecified atom stereocenters. The number of nitro benzene ring substituents is 1. The zero-order chi connectivity index (χ0) is 16.4. The lowest BCUT2D eigenvalue weighted by molar-refractivity contribution is -0.384. The summed E-state index contributed by atoms with van der Waals surface area (Å²) >= 11 is 0. The Morgan fingerprint density at radius 2 is 2.00 bits per heavy atom. The maximum absolute atomic E-state index is 12.8. The van der Waals surface area contributed by atoms with E-state index in [0.717, 1.165) is 5.70 Å². The summed E-state index contributed by atoms with van der Waals surface area (Å²) in [5, 5.41) is 10.7. The lowest BCUT2D eigenvalue weighted by Gasteiger charge is -2.28. The van der Waals surface area contributed by atoms with Crippen LogP contribution in [-0.4, -0.2) is 28.1 Å². The molecule has 1 saturated heterocycles. The van der Waals surface area contributed by atoms with Gasteiger partial charge in [-0.15, -0.1) is 0 Å². The van der Waals surface area contributed by atoms with Crippen molar-refractivity contribution in [1.29, 1.82) is 0 Å². The highest BCUT2D eigenvalue weighted by Gasteiger charge is 2.33. The summed E-state index contributed by atoms with van der Waals surface area (Å²) in [6, 6.07) is 5.56. The molecule has 1 atom stereocenters. The highest BCUT2D eigenvalue weighted by molar-refractivity contribution is 5.97. The SMILES string of the molecule is O=C1CCCN(C(=O)c2ccc([N+](=O)[O-])cc2)C2=CC=CCC12. The van der Waals surface area contributed by atoms with Crippen molar-refractivity contribution >= 4 is 17.4 Å². The smallest absolute Gasteiger partial charge is 0.269 e. The van der Waals surface area contributed by atoms with Gasteiger partial charge in [0, 0.05) is 36.4 Å². The Kier molecular flexibility index (Phi) is 4.06. The first-order valence-electron chi connectivity index (χ1n) is 7.53. The lowest BCUT2D eigenvalue weighted by Crippen LogP contribution is -2.34. The molecule has 1 aliphatic carbocycles. The minimum atomic E-state index is -0.497. The molecule has 0 N–H and O–H groups in total. The van der Waals surface area contributed by atoms with E-state index in [2.05, 4.69) is 0 Å². The first kappa shape index (κ1) is 15.1. The van der Waals surface area contributed by atoms with Crippen LogP contribution in [0.1, 0.15) is 29.6 Å². The fraction of sp³-hybridized carbons (Fsp3) is 0.294. The predicted octanol–water partition coefficient (Wildman–Crippen LogP) is 2.86. The molecule has 0 radical (unpaired) electrons. The Labute approximate surface area is 133 Å². The summed E-state index contributed by atoms with van der Waals surface area (Å²) in [5.41, 5.74) is 1.07. The second kappa shape index (κ2) is 6.16. The van der Waals surface area contributed by atoms with Crippen LogP contribution in [0.4, 0.5) is 5.69 Å². The number of carbonyl (C=O) groups excluding carboxylic acids is 2. The van der Waals surface area contributed by atoms with E-state index in [4.69, 9.17) is 0 Å². The van der Waals surface area contributed by atoms with Gasteiger partial charge >= 0.3 is 0 Å². The van der Waals surface area contributed by atoms with Crippen molar-refractivity contribution in [3.8, 4) is 0 Å². The topological polar surface area (TPSA) is 80.5 Å². The number of non-ortho nitro benzene ring substituents is 1. The average molecular weight is 312 g/mol. The summed E-state index contributed by atoms with van der Waals surface area (Å²) < 4.78 is 0. The van der Waals surface area contributed by atoms with Crippen molar-refractivity contribution in [3.05, 3.63) is 63.9 Å². The first-order chi connectivity index (χ1) is 11.1. The number of hydrogen-bond donors (Lipinski definition) is 0. The number of likely N-dealkylation sites (tertiary alicyclic amines) is 1. The van der Waals surface area contributed by atoms with Crippen molar-refractivity contribution in [1.82, 2.24) is 4.90 Å². The molecule has 0 spiro atoms. The summed E-state index contributed by atoms with van der Waals surface area (Å²) in [6.07, 6.45) is 7.34. The number of nitrogens with zero attached hydrogens (tertiary/aromatic N) is 2. The number of hydrogen-bond acceptors (Lipinski definition) is 4. The van der Waals surface area contributed by atoms with Gasteiger partial charge in [0.2, 0.25) is 0 Å². The molecular formula is C17H16N2O4. The van der Waals surface area contributed by atoms with Crippen LogP contribution in [0.15, 0.2) is 48.2 Å². The van der Waals surface area contributed by atoms with Crippen LogP contribution in [0.5, 0.6) is 0 Å². The molecule has 0 aromatic heterocycles. The van der Waals surface area contributed by atoms with Gasteiger partial charge < -0.3 is 4.90 Å². The van der Waals surface area contributed by atoms with E-state index in [0.29, 0.717) is 31.4 Å². The molecule has 6 heteroatoms. The van der Waals surface area contributed by atoms with E-state index in [1.807, 2.05) is 18.2 Å². The zero-order valence-corrected chi connectivity index (χ0v) is 12.5. The van der Waals surface area contributed by atoms with Crippen LogP contribution in [0.2, 0.25) is 0 Å². The molecule has 0 bridgehead atoms. The van der Waals surface area contributed by atoms with Gasteiger partial charge in [0.25, 0.3) is 11.6 Å². The third kappa shape index (κ3) is 2.92. The molecule has 1 aromatic carbocycles. The van der Waals surface area contributed by atoms with Gasteiger partial charge in [-0.25, -0.2) is 0 Å². The second-order valence-corrected chi connectivity index (χ2v) is 5.64. The summed E-state index contributed by atoms with van der Waals surface area (Å²) in [4.78, 5) is 36.8. The maximum Gasteiger partial charge on any atom is 0.269 e. The van der Waals surface area contributed by atoms with Crippen molar-refractivity contribution in [2.75, 3.05) is 6.54 Å². The molecule has 1 fully saturated rings. The standard InChI is InChI=1S/C17H16N2O4/c20-16-6-3-11-18(15-5-2-1-4-14(15)16)17(21)12-7-9-13(10-8-12)19(22)23/h1-2,5,7-10,14H,3-4,6,11H2. The fourth-order valence-corrected chi connectivity index (χ4v) is 3.01. The maximum atomic E-state index is 12.8. The molecule has 1 aromatic rings. The predicted molar refractivity (Wildman–Crippen MR) is 83.7 cm³/mol. The van der Waals surface area contributed by atoms with Crippen molar-refractivity contribution < 1.29 is 14.5 Å². The number of benzene rings is 1. The van der Waals surface area contributed by atoms with Gasteiger partial charge in [0.05, 0.1) is 10.8 Å². The summed E-state index contributed by atoms with van der Waals surface area (Å²) in [5.74, 6) is -0.315. The number of carbonyl (C=O) groups is 2.